The minimum Gasteiger partial charge on any atom is -0.444 e. The summed E-state index contributed by atoms with van der Waals surface area (Å²) < 4.78 is 7.15. The second-order valence-electron chi connectivity index (χ2n) is 7.45. The van der Waals surface area contributed by atoms with Crippen molar-refractivity contribution in [2.45, 2.75) is 25.8 Å². The molecule has 3 aromatic heterocycles. The first kappa shape index (κ1) is 19.8. The number of oxazole rings is 1. The van der Waals surface area contributed by atoms with E-state index in [1.165, 1.54) is 6.26 Å². The van der Waals surface area contributed by atoms with Crippen molar-refractivity contribution in [2.24, 2.45) is 5.73 Å². The van der Waals surface area contributed by atoms with Crippen molar-refractivity contribution in [1.82, 2.24) is 24.6 Å². The number of carbonyl (C=O) groups is 2. The molecule has 4 heterocycles. The Morgan fingerprint density at radius 2 is 2.07 bits per heavy atom. The molecular formula is C20H23N7O3. The highest BCUT2D eigenvalue weighted by atomic mass is 16.3. The largest absolute Gasteiger partial charge is 0.444 e. The van der Waals surface area contributed by atoms with E-state index in [9.17, 15) is 9.59 Å². The summed E-state index contributed by atoms with van der Waals surface area (Å²) in [6.07, 6.45) is 6.38. The monoisotopic (exact) mass is 409 g/mol. The topological polar surface area (TPSA) is 132 Å². The van der Waals surface area contributed by atoms with Gasteiger partial charge in [-0.15, -0.1) is 0 Å². The second-order valence-corrected chi connectivity index (χ2v) is 7.45. The van der Waals surface area contributed by atoms with Gasteiger partial charge in [-0.1, -0.05) is 0 Å². The maximum absolute atomic E-state index is 12.7. The first-order valence-corrected chi connectivity index (χ1v) is 9.68. The molecule has 0 atom stereocenters. The van der Waals surface area contributed by atoms with Gasteiger partial charge in [0.2, 0.25) is 5.89 Å². The smallest absolute Gasteiger partial charge is 0.277 e. The molecule has 1 fully saturated rings. The Balaban J connectivity index is 1.53. The molecule has 0 bridgehead atoms. The van der Waals surface area contributed by atoms with Crippen molar-refractivity contribution in [3.8, 4) is 11.5 Å². The molecule has 4 rings (SSSR count). The first-order valence-electron chi connectivity index (χ1n) is 9.68. The number of anilines is 1. The highest BCUT2D eigenvalue weighted by Crippen LogP contribution is 2.25. The molecule has 0 radical (unpaired) electrons. The Hall–Kier alpha value is -3.53. The molecule has 3 aromatic rings. The molecule has 156 valence electrons. The van der Waals surface area contributed by atoms with Crippen molar-refractivity contribution in [3.05, 3.63) is 47.9 Å². The van der Waals surface area contributed by atoms with Crippen molar-refractivity contribution in [2.75, 3.05) is 25.5 Å². The van der Waals surface area contributed by atoms with E-state index < -0.39 is 11.8 Å². The number of nitrogens with two attached hydrogens (primary N) is 1. The van der Waals surface area contributed by atoms with Crippen LogP contribution in [0.15, 0.2) is 35.2 Å². The lowest BCUT2D eigenvalue weighted by Crippen LogP contribution is -2.31. The van der Waals surface area contributed by atoms with E-state index in [2.05, 4.69) is 32.3 Å². The van der Waals surface area contributed by atoms with Crippen LogP contribution >= 0.6 is 0 Å². The SMILES string of the molecule is Cc1cc(-c2nc(C(=O)Nc3cn(C4CCN(C)CC4)nc3C(N)=O)co2)ccn1. The van der Waals surface area contributed by atoms with Crippen LogP contribution in [0, 0.1) is 6.92 Å². The Labute approximate surface area is 173 Å². The Kier molecular flexibility index (Phi) is 5.32. The van der Waals surface area contributed by atoms with Gasteiger partial charge in [-0.3, -0.25) is 19.3 Å². The molecule has 1 aliphatic rings. The van der Waals surface area contributed by atoms with Crippen molar-refractivity contribution in [1.29, 1.82) is 0 Å². The molecule has 0 saturated carbocycles. The number of hydrogen-bond donors (Lipinski definition) is 2. The predicted molar refractivity (Wildman–Crippen MR) is 109 cm³/mol. The molecule has 3 N–H and O–H groups in total. The van der Waals surface area contributed by atoms with Crippen LogP contribution in [-0.4, -0.2) is 56.6 Å². The average molecular weight is 409 g/mol. The van der Waals surface area contributed by atoms with E-state index in [1.807, 2.05) is 13.0 Å². The number of pyridine rings is 1. The number of hydrogen-bond acceptors (Lipinski definition) is 7. The highest BCUT2D eigenvalue weighted by Gasteiger charge is 2.24. The van der Waals surface area contributed by atoms with Gasteiger partial charge in [0.15, 0.2) is 11.4 Å². The molecule has 30 heavy (non-hydrogen) atoms. The van der Waals surface area contributed by atoms with Crippen LogP contribution in [0.3, 0.4) is 0 Å². The number of amides is 2. The van der Waals surface area contributed by atoms with Crippen LogP contribution in [0.1, 0.15) is 45.6 Å². The van der Waals surface area contributed by atoms with Crippen LogP contribution in [0.5, 0.6) is 0 Å². The molecule has 0 aromatic carbocycles. The minimum atomic E-state index is -0.704. The van der Waals surface area contributed by atoms with Crippen LogP contribution in [0.2, 0.25) is 0 Å². The van der Waals surface area contributed by atoms with Crippen LogP contribution < -0.4 is 11.1 Å². The standard InChI is InChI=1S/C20H23N7O3/c1-12-9-13(3-6-22-12)20-24-16(11-30-20)19(29)23-15-10-27(25-17(15)18(21)28)14-4-7-26(2)8-5-14/h3,6,9-11,14H,4-5,7-8H2,1-2H3,(H2,21,28)(H,23,29). The molecule has 0 aliphatic carbocycles. The summed E-state index contributed by atoms with van der Waals surface area (Å²) in [6.45, 7) is 3.73. The van der Waals surface area contributed by atoms with E-state index in [0.717, 1.165) is 37.2 Å². The third-order valence-corrected chi connectivity index (χ3v) is 5.16. The molecule has 0 spiro atoms. The summed E-state index contributed by atoms with van der Waals surface area (Å²) in [5.74, 6) is -0.908. The van der Waals surface area contributed by atoms with Gasteiger partial charge in [0, 0.05) is 23.7 Å². The van der Waals surface area contributed by atoms with Gasteiger partial charge < -0.3 is 20.4 Å². The minimum absolute atomic E-state index is 0.0238. The van der Waals surface area contributed by atoms with Crippen LogP contribution in [-0.2, 0) is 0 Å². The van der Waals surface area contributed by atoms with Gasteiger partial charge >= 0.3 is 0 Å². The van der Waals surface area contributed by atoms with Gasteiger partial charge in [-0.05, 0) is 52.0 Å². The van der Waals surface area contributed by atoms with Gasteiger partial charge in [0.05, 0.1) is 11.7 Å². The third kappa shape index (κ3) is 4.08. The number of likely N-dealkylation sites (tertiary alicyclic amines) is 1. The summed E-state index contributed by atoms with van der Waals surface area (Å²) in [7, 11) is 2.07. The van der Waals surface area contributed by atoms with Gasteiger partial charge in [-0.2, -0.15) is 5.10 Å². The van der Waals surface area contributed by atoms with Crippen LogP contribution in [0.25, 0.3) is 11.5 Å². The van der Waals surface area contributed by atoms with E-state index in [1.54, 1.807) is 23.1 Å². The number of piperidine rings is 1. The lowest BCUT2D eigenvalue weighted by Gasteiger charge is -2.28. The van der Waals surface area contributed by atoms with E-state index in [0.29, 0.717) is 5.89 Å². The Bertz CT molecular complexity index is 1080. The number of aromatic nitrogens is 4. The first-order chi connectivity index (χ1) is 14.4. The summed E-state index contributed by atoms with van der Waals surface area (Å²) in [6, 6.07) is 3.71. The van der Waals surface area contributed by atoms with Crippen molar-refractivity contribution >= 4 is 17.5 Å². The Morgan fingerprint density at radius 1 is 1.30 bits per heavy atom. The number of rotatable bonds is 5. The fourth-order valence-corrected chi connectivity index (χ4v) is 3.49. The van der Waals surface area contributed by atoms with Crippen molar-refractivity contribution in [3.63, 3.8) is 0 Å². The summed E-state index contributed by atoms with van der Waals surface area (Å²) >= 11 is 0. The zero-order valence-corrected chi connectivity index (χ0v) is 16.8. The summed E-state index contributed by atoms with van der Waals surface area (Å²) in [5.41, 5.74) is 7.37. The number of carbonyl (C=O) groups excluding carboxylic acids is 2. The highest BCUT2D eigenvalue weighted by molar-refractivity contribution is 6.07. The van der Waals surface area contributed by atoms with E-state index >= 15 is 0 Å². The number of nitrogens with one attached hydrogen (secondary N) is 1. The van der Waals surface area contributed by atoms with Gasteiger partial charge in [0.1, 0.15) is 6.26 Å². The van der Waals surface area contributed by atoms with Crippen molar-refractivity contribution < 1.29 is 14.0 Å². The predicted octanol–water partition coefficient (Wildman–Crippen LogP) is 1.86. The van der Waals surface area contributed by atoms with Crippen LogP contribution in [0.4, 0.5) is 5.69 Å². The maximum Gasteiger partial charge on any atom is 0.277 e. The van der Waals surface area contributed by atoms with Gasteiger partial charge in [-0.25, -0.2) is 4.98 Å². The lowest BCUT2D eigenvalue weighted by atomic mass is 10.1. The number of aryl methyl sites for hydroxylation is 1. The normalized spacial score (nSPS) is 15.3. The quantitative estimate of drug-likeness (QED) is 0.657. The third-order valence-electron chi connectivity index (χ3n) is 5.16. The zero-order chi connectivity index (χ0) is 21.3. The fourth-order valence-electron chi connectivity index (χ4n) is 3.49. The number of primary amides is 1. The lowest BCUT2D eigenvalue weighted by molar-refractivity contribution is 0.0994. The fraction of sp³-hybridized carbons (Fsp3) is 0.350. The summed E-state index contributed by atoms with van der Waals surface area (Å²) in [4.78, 5) is 35.2. The molecule has 2 amide bonds. The maximum atomic E-state index is 12.7. The molecule has 10 nitrogen and oxygen atoms in total. The molecule has 10 heteroatoms. The average Bonchev–Trinajstić information content (AvgIpc) is 3.36. The molecular weight excluding hydrogens is 386 g/mol. The molecule has 0 unspecified atom stereocenters. The molecule has 1 aliphatic heterocycles. The van der Waals surface area contributed by atoms with E-state index in [-0.39, 0.29) is 23.1 Å². The van der Waals surface area contributed by atoms with E-state index in [4.69, 9.17) is 10.2 Å². The summed E-state index contributed by atoms with van der Waals surface area (Å²) in [5, 5.41) is 7.01. The number of nitrogens with zero attached hydrogens (tertiary/aromatic N) is 5. The Morgan fingerprint density at radius 3 is 2.77 bits per heavy atom. The second kappa shape index (κ2) is 8.07. The zero-order valence-electron chi connectivity index (χ0n) is 16.8. The van der Waals surface area contributed by atoms with Gasteiger partial charge in [0.25, 0.3) is 11.8 Å². The molecule has 1 saturated heterocycles.